The molecule has 0 atom stereocenters. The van der Waals surface area contributed by atoms with Gasteiger partial charge in [0, 0.05) is 22.8 Å². The zero-order valence-electron chi connectivity index (χ0n) is 12.6. The van der Waals surface area contributed by atoms with Crippen LogP contribution in [0.15, 0.2) is 36.4 Å². The molecule has 0 aliphatic rings. The summed E-state index contributed by atoms with van der Waals surface area (Å²) in [7, 11) is 0. The quantitative estimate of drug-likeness (QED) is 0.664. The number of carbonyl (C=O) groups excluding carboxylic acids is 1. The van der Waals surface area contributed by atoms with Crippen LogP contribution in [-0.4, -0.2) is 17.4 Å². The normalized spacial score (nSPS) is 10.2. The first kappa shape index (κ1) is 16.8. The third-order valence-electron chi connectivity index (χ3n) is 3.12. The fraction of sp³-hybridized carbons (Fsp3) is 0.188. The van der Waals surface area contributed by atoms with E-state index >= 15 is 0 Å². The summed E-state index contributed by atoms with van der Waals surface area (Å²) in [5, 5.41) is 13.9. The fourth-order valence-electron chi connectivity index (χ4n) is 2.03. The van der Waals surface area contributed by atoms with Gasteiger partial charge in [-0.15, -0.1) is 0 Å². The number of nitro benzene ring substituents is 1. The molecule has 1 amide bonds. The van der Waals surface area contributed by atoms with Crippen molar-refractivity contribution >= 4 is 28.9 Å². The number of carbonyl (C=O) groups is 1. The minimum absolute atomic E-state index is 0.0901. The number of nitrogens with zero attached hydrogens (tertiary/aromatic N) is 1. The Balaban J connectivity index is 1.98. The van der Waals surface area contributed by atoms with Crippen LogP contribution in [0.4, 0.5) is 11.4 Å². The molecule has 0 unspecified atom stereocenters. The highest BCUT2D eigenvalue weighted by Crippen LogP contribution is 2.25. The highest BCUT2D eigenvalue weighted by molar-refractivity contribution is 6.32. The van der Waals surface area contributed by atoms with Gasteiger partial charge in [-0.05, 0) is 43.2 Å². The van der Waals surface area contributed by atoms with E-state index in [2.05, 4.69) is 5.32 Å². The summed E-state index contributed by atoms with van der Waals surface area (Å²) < 4.78 is 5.43. The van der Waals surface area contributed by atoms with Crippen molar-refractivity contribution in [1.82, 2.24) is 0 Å². The minimum atomic E-state index is -0.522. The van der Waals surface area contributed by atoms with E-state index < -0.39 is 10.8 Å². The zero-order valence-corrected chi connectivity index (χ0v) is 13.4. The maximum atomic E-state index is 11.9. The Morgan fingerprint density at radius 3 is 2.52 bits per heavy atom. The smallest absolute Gasteiger partial charge is 0.271 e. The predicted molar refractivity (Wildman–Crippen MR) is 88.1 cm³/mol. The van der Waals surface area contributed by atoms with Crippen molar-refractivity contribution in [2.24, 2.45) is 0 Å². The Bertz CT molecular complexity index is 738. The number of nitrogens with one attached hydrogen (secondary N) is 1. The minimum Gasteiger partial charge on any atom is -0.484 e. The third kappa shape index (κ3) is 4.43. The molecule has 1 N–H and O–H groups in total. The number of hydrogen-bond donors (Lipinski definition) is 1. The predicted octanol–water partition coefficient (Wildman–Crippen LogP) is 3.88. The second-order valence-corrected chi connectivity index (χ2v) is 5.39. The van der Waals surface area contributed by atoms with Gasteiger partial charge in [-0.3, -0.25) is 14.9 Å². The van der Waals surface area contributed by atoms with Crippen LogP contribution < -0.4 is 10.1 Å². The van der Waals surface area contributed by atoms with Gasteiger partial charge in [-0.2, -0.15) is 0 Å². The summed E-state index contributed by atoms with van der Waals surface area (Å²) >= 11 is 6.07. The van der Waals surface area contributed by atoms with Gasteiger partial charge in [0.1, 0.15) is 5.75 Å². The van der Waals surface area contributed by atoms with E-state index in [0.717, 1.165) is 11.1 Å². The van der Waals surface area contributed by atoms with E-state index in [4.69, 9.17) is 16.3 Å². The van der Waals surface area contributed by atoms with Crippen LogP contribution in [-0.2, 0) is 4.79 Å². The number of halogens is 1. The van der Waals surface area contributed by atoms with E-state index in [-0.39, 0.29) is 12.3 Å². The van der Waals surface area contributed by atoms with Crippen molar-refractivity contribution < 1.29 is 14.5 Å². The van der Waals surface area contributed by atoms with Gasteiger partial charge in [-0.1, -0.05) is 17.7 Å². The molecule has 2 aromatic carbocycles. The van der Waals surface area contributed by atoms with Crippen LogP contribution in [0.2, 0.25) is 5.02 Å². The molecule has 0 aliphatic carbocycles. The van der Waals surface area contributed by atoms with Gasteiger partial charge in [0.15, 0.2) is 6.61 Å². The van der Waals surface area contributed by atoms with Crippen molar-refractivity contribution in [1.29, 1.82) is 0 Å². The molecule has 0 saturated carbocycles. The molecule has 0 radical (unpaired) electrons. The van der Waals surface area contributed by atoms with Crippen LogP contribution in [0.25, 0.3) is 0 Å². The first-order chi connectivity index (χ1) is 10.9. The van der Waals surface area contributed by atoms with Crippen molar-refractivity contribution in [3.8, 4) is 5.75 Å². The molecule has 6 nitrogen and oxygen atoms in total. The molecule has 23 heavy (non-hydrogen) atoms. The van der Waals surface area contributed by atoms with E-state index in [1.807, 2.05) is 13.8 Å². The average Bonchev–Trinajstić information content (AvgIpc) is 2.50. The molecule has 0 fully saturated rings. The Kier molecular flexibility index (Phi) is 5.18. The summed E-state index contributed by atoms with van der Waals surface area (Å²) in [5.41, 5.74) is 1.98. The van der Waals surface area contributed by atoms with Crippen molar-refractivity contribution in [3.63, 3.8) is 0 Å². The maximum Gasteiger partial charge on any atom is 0.271 e. The van der Waals surface area contributed by atoms with E-state index in [0.29, 0.717) is 16.5 Å². The average molecular weight is 335 g/mol. The van der Waals surface area contributed by atoms with Gasteiger partial charge >= 0.3 is 0 Å². The van der Waals surface area contributed by atoms with Crippen molar-refractivity contribution in [3.05, 3.63) is 62.7 Å². The number of rotatable bonds is 5. The summed E-state index contributed by atoms with van der Waals surface area (Å²) in [6.45, 7) is 3.50. The van der Waals surface area contributed by atoms with Crippen molar-refractivity contribution in [2.45, 2.75) is 13.8 Å². The molecule has 0 aliphatic heterocycles. The number of anilines is 1. The first-order valence-electron chi connectivity index (χ1n) is 6.80. The first-order valence-corrected chi connectivity index (χ1v) is 7.18. The third-order valence-corrected chi connectivity index (χ3v) is 3.72. The molecule has 0 bridgehead atoms. The summed E-state index contributed by atoms with van der Waals surface area (Å²) in [4.78, 5) is 22.0. The van der Waals surface area contributed by atoms with Gasteiger partial charge < -0.3 is 10.1 Å². The molecule has 0 aromatic heterocycles. The van der Waals surface area contributed by atoms with Crippen LogP contribution >= 0.6 is 11.6 Å². The monoisotopic (exact) mass is 334 g/mol. The second kappa shape index (κ2) is 7.11. The molecule has 7 heteroatoms. The molecule has 2 rings (SSSR count). The number of nitro groups is 1. The zero-order chi connectivity index (χ0) is 17.0. The Hall–Kier alpha value is -2.60. The van der Waals surface area contributed by atoms with E-state index in [1.54, 1.807) is 18.2 Å². The lowest BCUT2D eigenvalue weighted by Gasteiger charge is -2.10. The molecule has 0 heterocycles. The largest absolute Gasteiger partial charge is 0.484 e. The molecule has 120 valence electrons. The van der Waals surface area contributed by atoms with Crippen LogP contribution in [0.5, 0.6) is 5.75 Å². The number of aryl methyl sites for hydroxylation is 2. The number of non-ortho nitro benzene ring substituents is 1. The summed E-state index contributed by atoms with van der Waals surface area (Å²) in [5.74, 6) is 0.134. The summed E-state index contributed by atoms with van der Waals surface area (Å²) in [6.07, 6.45) is 0. The van der Waals surface area contributed by atoms with Gasteiger partial charge in [-0.25, -0.2) is 0 Å². The Labute approximate surface area is 138 Å². The van der Waals surface area contributed by atoms with Crippen LogP contribution in [0.3, 0.4) is 0 Å². The van der Waals surface area contributed by atoms with E-state index in [9.17, 15) is 14.9 Å². The molecule has 0 saturated heterocycles. The van der Waals surface area contributed by atoms with Gasteiger partial charge in [0.05, 0.1) is 4.92 Å². The number of amides is 1. The molecule has 2 aromatic rings. The topological polar surface area (TPSA) is 81.5 Å². The van der Waals surface area contributed by atoms with Crippen LogP contribution in [0.1, 0.15) is 11.1 Å². The lowest BCUT2D eigenvalue weighted by molar-refractivity contribution is -0.384. The van der Waals surface area contributed by atoms with Gasteiger partial charge in [0.25, 0.3) is 11.6 Å². The number of ether oxygens (including phenoxy) is 1. The number of hydrogen-bond acceptors (Lipinski definition) is 4. The van der Waals surface area contributed by atoms with E-state index in [1.165, 1.54) is 18.2 Å². The Morgan fingerprint density at radius 2 is 1.91 bits per heavy atom. The lowest BCUT2D eigenvalue weighted by Crippen LogP contribution is -2.20. The standard InChI is InChI=1S/C16H15ClN2O4/c1-10-6-14(7-11(2)16(10)17)23-9-15(20)18-12-4-3-5-13(8-12)19(21)22/h3-8H,9H2,1-2H3,(H,18,20). The highest BCUT2D eigenvalue weighted by Gasteiger charge is 2.09. The SMILES string of the molecule is Cc1cc(OCC(=O)Nc2cccc([N+](=O)[O-])c2)cc(C)c1Cl. The molecule has 0 spiro atoms. The number of benzene rings is 2. The lowest BCUT2D eigenvalue weighted by atomic mass is 10.1. The Morgan fingerprint density at radius 1 is 1.26 bits per heavy atom. The molecular formula is C16H15ClN2O4. The highest BCUT2D eigenvalue weighted by atomic mass is 35.5. The molecular weight excluding hydrogens is 320 g/mol. The fourth-order valence-corrected chi connectivity index (χ4v) is 2.14. The van der Waals surface area contributed by atoms with Crippen LogP contribution in [0, 0.1) is 24.0 Å². The van der Waals surface area contributed by atoms with Crippen molar-refractivity contribution in [2.75, 3.05) is 11.9 Å². The summed E-state index contributed by atoms with van der Waals surface area (Å²) in [6, 6.07) is 9.20. The van der Waals surface area contributed by atoms with Gasteiger partial charge in [0.2, 0.25) is 0 Å². The maximum absolute atomic E-state index is 11.9. The second-order valence-electron chi connectivity index (χ2n) is 5.02.